The standard InChI is InChI=1S/C21H15Cl2F3N4O2/c22-13-4-3-5-14(23)16(13)19(32)27-17-12(8-11-31)6-7-15-18(17)28-20(21(24,25)26)30(15)29-9-1-2-10-29/h3-8H,1-2,9-10H2,(H,27,32). The van der Waals surface area contributed by atoms with Crippen LogP contribution in [0.5, 0.6) is 0 Å². The molecule has 2 aromatic carbocycles. The van der Waals surface area contributed by atoms with Gasteiger partial charge in [-0.25, -0.2) is 14.5 Å². The normalized spacial score (nSPS) is 14.0. The van der Waals surface area contributed by atoms with Gasteiger partial charge in [-0.2, -0.15) is 13.2 Å². The van der Waals surface area contributed by atoms with Crippen molar-refractivity contribution >= 4 is 57.8 Å². The Hall–Kier alpha value is -3.00. The molecule has 6 nitrogen and oxygen atoms in total. The smallest absolute Gasteiger partial charge is 0.319 e. The zero-order chi connectivity index (χ0) is 23.0. The minimum absolute atomic E-state index is 0.0520. The van der Waals surface area contributed by atoms with E-state index < -0.39 is 17.9 Å². The number of imidazole rings is 1. The SMILES string of the molecule is O=C=Cc1ccc2c(nc(C(F)(F)F)n2N2CCCC2)c1NC(=O)c1c(Cl)cccc1Cl. The van der Waals surface area contributed by atoms with E-state index in [0.717, 1.165) is 23.6 Å². The Morgan fingerprint density at radius 2 is 1.78 bits per heavy atom. The molecular weight excluding hydrogens is 468 g/mol. The summed E-state index contributed by atoms with van der Waals surface area (Å²) in [7, 11) is 0. The zero-order valence-electron chi connectivity index (χ0n) is 16.3. The van der Waals surface area contributed by atoms with Crippen molar-refractivity contribution in [2.45, 2.75) is 19.0 Å². The molecule has 0 saturated carbocycles. The number of nitrogens with one attached hydrogen (secondary N) is 1. The molecule has 0 unspecified atom stereocenters. The number of carbonyl (C=O) groups excluding carboxylic acids is 2. The van der Waals surface area contributed by atoms with Crippen LogP contribution in [0.2, 0.25) is 10.0 Å². The predicted molar refractivity (Wildman–Crippen MR) is 116 cm³/mol. The van der Waals surface area contributed by atoms with Crippen molar-refractivity contribution in [2.24, 2.45) is 0 Å². The summed E-state index contributed by atoms with van der Waals surface area (Å²) in [5, 5.41) is 4.23. The first-order valence-corrected chi connectivity index (χ1v) is 10.3. The van der Waals surface area contributed by atoms with Crippen molar-refractivity contribution < 1.29 is 22.8 Å². The van der Waals surface area contributed by atoms with E-state index in [9.17, 15) is 22.8 Å². The summed E-state index contributed by atoms with van der Waals surface area (Å²) in [4.78, 5) is 27.8. The molecule has 1 aromatic heterocycles. The topological polar surface area (TPSA) is 67.2 Å². The number of rotatable bonds is 4. The number of aromatic nitrogens is 2. The number of fused-ring (bicyclic) bond motifs is 1. The van der Waals surface area contributed by atoms with E-state index in [1.807, 2.05) is 0 Å². The van der Waals surface area contributed by atoms with Crippen molar-refractivity contribution in [3.05, 3.63) is 57.3 Å². The maximum Gasteiger partial charge on any atom is 0.451 e. The minimum Gasteiger partial charge on any atom is -0.319 e. The van der Waals surface area contributed by atoms with E-state index in [1.54, 1.807) is 17.0 Å². The molecule has 32 heavy (non-hydrogen) atoms. The van der Waals surface area contributed by atoms with Crippen LogP contribution in [0.1, 0.15) is 34.6 Å². The number of anilines is 1. The Bertz CT molecular complexity index is 1240. The van der Waals surface area contributed by atoms with Crippen LogP contribution in [0.4, 0.5) is 18.9 Å². The average molecular weight is 483 g/mol. The van der Waals surface area contributed by atoms with Crippen LogP contribution in [-0.2, 0) is 11.0 Å². The van der Waals surface area contributed by atoms with Crippen LogP contribution in [0.25, 0.3) is 17.1 Å². The van der Waals surface area contributed by atoms with Crippen molar-refractivity contribution in [1.29, 1.82) is 0 Å². The van der Waals surface area contributed by atoms with Gasteiger partial charge in [-0.05, 0) is 37.1 Å². The number of hydrogen-bond donors (Lipinski definition) is 1. The van der Waals surface area contributed by atoms with E-state index in [1.165, 1.54) is 24.3 Å². The number of amides is 1. The fourth-order valence-corrected chi connectivity index (χ4v) is 4.29. The molecule has 1 amide bonds. The first-order chi connectivity index (χ1) is 15.2. The molecule has 166 valence electrons. The Labute approximate surface area is 190 Å². The van der Waals surface area contributed by atoms with E-state index >= 15 is 0 Å². The average Bonchev–Trinajstić information content (AvgIpc) is 3.36. The third-order valence-electron chi connectivity index (χ3n) is 5.10. The van der Waals surface area contributed by atoms with Crippen LogP contribution in [0, 0.1) is 0 Å². The van der Waals surface area contributed by atoms with Gasteiger partial charge < -0.3 is 10.3 Å². The van der Waals surface area contributed by atoms with Crippen molar-refractivity contribution in [3.8, 4) is 0 Å². The summed E-state index contributed by atoms with van der Waals surface area (Å²) in [6, 6.07) is 7.32. The van der Waals surface area contributed by atoms with Crippen LogP contribution >= 0.6 is 23.2 Å². The highest BCUT2D eigenvalue weighted by Crippen LogP contribution is 2.37. The van der Waals surface area contributed by atoms with Crippen molar-refractivity contribution in [3.63, 3.8) is 0 Å². The summed E-state index contributed by atoms with van der Waals surface area (Å²) >= 11 is 12.2. The second-order valence-electron chi connectivity index (χ2n) is 7.12. The largest absolute Gasteiger partial charge is 0.451 e. The van der Waals surface area contributed by atoms with E-state index in [2.05, 4.69) is 10.3 Å². The van der Waals surface area contributed by atoms with Gasteiger partial charge >= 0.3 is 6.18 Å². The van der Waals surface area contributed by atoms with Gasteiger partial charge in [0.2, 0.25) is 5.82 Å². The van der Waals surface area contributed by atoms with Gasteiger partial charge in [-0.3, -0.25) is 4.79 Å². The molecule has 0 aliphatic carbocycles. The lowest BCUT2D eigenvalue weighted by atomic mass is 10.1. The fourth-order valence-electron chi connectivity index (χ4n) is 3.72. The Balaban J connectivity index is 1.93. The maximum atomic E-state index is 13.9. The molecule has 0 spiro atoms. The quantitative estimate of drug-likeness (QED) is 0.519. The van der Waals surface area contributed by atoms with Crippen LogP contribution in [-0.4, -0.2) is 34.6 Å². The van der Waals surface area contributed by atoms with Gasteiger partial charge in [0.05, 0.1) is 26.8 Å². The molecule has 2 heterocycles. The van der Waals surface area contributed by atoms with Gasteiger partial charge in [-0.1, -0.05) is 29.3 Å². The highest BCUT2D eigenvalue weighted by Gasteiger charge is 2.40. The molecule has 4 rings (SSSR count). The second-order valence-corrected chi connectivity index (χ2v) is 7.93. The van der Waals surface area contributed by atoms with Crippen molar-refractivity contribution in [2.75, 3.05) is 23.4 Å². The minimum atomic E-state index is -4.74. The first-order valence-electron chi connectivity index (χ1n) is 9.56. The number of alkyl halides is 3. The molecule has 0 radical (unpaired) electrons. The predicted octanol–water partition coefficient (Wildman–Crippen LogP) is 5.19. The summed E-state index contributed by atoms with van der Waals surface area (Å²) in [6.45, 7) is 0.864. The van der Waals surface area contributed by atoms with E-state index in [4.69, 9.17) is 23.2 Å². The second kappa shape index (κ2) is 8.50. The summed E-state index contributed by atoms with van der Waals surface area (Å²) in [5.41, 5.74) is 0.0376. The van der Waals surface area contributed by atoms with Crippen LogP contribution < -0.4 is 10.3 Å². The number of hydrogen-bond acceptors (Lipinski definition) is 4. The molecule has 1 N–H and O–H groups in total. The van der Waals surface area contributed by atoms with E-state index in [-0.39, 0.29) is 37.9 Å². The highest BCUT2D eigenvalue weighted by atomic mass is 35.5. The molecule has 3 aromatic rings. The molecule has 1 aliphatic rings. The number of nitrogens with zero attached hydrogens (tertiary/aromatic N) is 3. The summed E-state index contributed by atoms with van der Waals surface area (Å²) in [5.74, 6) is -0.284. The van der Waals surface area contributed by atoms with Gasteiger partial charge in [0, 0.05) is 24.7 Å². The molecule has 1 aliphatic heterocycles. The monoisotopic (exact) mass is 482 g/mol. The summed E-state index contributed by atoms with van der Waals surface area (Å²) in [6.07, 6.45) is -2.24. The maximum absolute atomic E-state index is 13.9. The third kappa shape index (κ3) is 3.95. The van der Waals surface area contributed by atoms with Gasteiger partial charge in [0.1, 0.15) is 11.5 Å². The molecule has 0 atom stereocenters. The fraction of sp³-hybridized carbons (Fsp3) is 0.238. The number of benzene rings is 2. The van der Waals surface area contributed by atoms with Gasteiger partial charge in [0.25, 0.3) is 5.91 Å². The Morgan fingerprint density at radius 1 is 1.12 bits per heavy atom. The molecular formula is C21H15Cl2F3N4O2. The highest BCUT2D eigenvalue weighted by molar-refractivity contribution is 6.40. The van der Waals surface area contributed by atoms with Crippen molar-refractivity contribution in [1.82, 2.24) is 9.66 Å². The lowest BCUT2D eigenvalue weighted by molar-refractivity contribution is -0.146. The third-order valence-corrected chi connectivity index (χ3v) is 5.73. The van der Waals surface area contributed by atoms with Gasteiger partial charge in [0.15, 0.2) is 0 Å². The Kier molecular flexibility index (Phi) is 5.90. The Morgan fingerprint density at radius 3 is 2.38 bits per heavy atom. The van der Waals surface area contributed by atoms with Crippen LogP contribution in [0.15, 0.2) is 30.3 Å². The lowest BCUT2D eigenvalue weighted by Crippen LogP contribution is -2.34. The first kappa shape index (κ1) is 22.2. The molecule has 1 fully saturated rings. The number of carbonyl (C=O) groups is 1. The zero-order valence-corrected chi connectivity index (χ0v) is 17.9. The van der Waals surface area contributed by atoms with Crippen LogP contribution in [0.3, 0.4) is 0 Å². The number of halogens is 5. The lowest BCUT2D eigenvalue weighted by Gasteiger charge is -2.23. The van der Waals surface area contributed by atoms with E-state index in [0.29, 0.717) is 13.1 Å². The molecule has 0 bridgehead atoms. The summed E-state index contributed by atoms with van der Waals surface area (Å²) < 4.78 is 42.6. The molecule has 11 heteroatoms. The van der Waals surface area contributed by atoms with Gasteiger partial charge in [-0.15, -0.1) is 0 Å². The molecule has 1 saturated heterocycles.